The first kappa shape index (κ1) is 15.7. The molecule has 1 aromatic rings. The summed E-state index contributed by atoms with van der Waals surface area (Å²) in [4.78, 5) is 25.3. The van der Waals surface area contributed by atoms with Gasteiger partial charge in [0.15, 0.2) is 0 Å². The van der Waals surface area contributed by atoms with Gasteiger partial charge in [-0.05, 0) is 41.9 Å². The number of methoxy groups -OCH3 is 1. The molecule has 0 fully saturated rings. The van der Waals surface area contributed by atoms with Crippen molar-refractivity contribution in [3.63, 3.8) is 0 Å². The summed E-state index contributed by atoms with van der Waals surface area (Å²) < 4.78 is 5.36. The van der Waals surface area contributed by atoms with Crippen molar-refractivity contribution in [2.45, 2.75) is 26.3 Å². The van der Waals surface area contributed by atoms with Gasteiger partial charge in [-0.25, -0.2) is 0 Å². The number of benzene rings is 1. The summed E-state index contributed by atoms with van der Waals surface area (Å²) >= 11 is 3.37. The number of esters is 1. The third kappa shape index (κ3) is 4.35. The Kier molecular flexibility index (Phi) is 6.02. The Balaban J connectivity index is 2.85. The largest absolute Gasteiger partial charge is 0.469 e. The summed E-state index contributed by atoms with van der Waals surface area (Å²) in [5, 5.41) is 0. The van der Waals surface area contributed by atoms with E-state index in [0.29, 0.717) is 12.1 Å². The lowest BCUT2D eigenvalue weighted by Gasteiger charge is -2.26. The van der Waals surface area contributed by atoms with Crippen LogP contribution < -0.4 is 0 Å². The Bertz CT molecular complexity index is 460. The molecule has 0 saturated carbocycles. The zero-order chi connectivity index (χ0) is 14.4. The molecule has 0 aliphatic carbocycles. The Morgan fingerprint density at radius 1 is 1.32 bits per heavy atom. The van der Waals surface area contributed by atoms with Crippen molar-refractivity contribution in [2.75, 3.05) is 13.7 Å². The first-order valence-corrected chi connectivity index (χ1v) is 6.89. The van der Waals surface area contributed by atoms with Crippen LogP contribution in [-0.4, -0.2) is 36.5 Å². The number of hydrogen-bond acceptors (Lipinski definition) is 3. The molecule has 5 heteroatoms. The first-order chi connectivity index (χ1) is 8.97. The number of carbonyl (C=O) groups excluding carboxylic acids is 2. The molecule has 0 heterocycles. The van der Waals surface area contributed by atoms with Crippen LogP contribution in [0.15, 0.2) is 28.7 Å². The van der Waals surface area contributed by atoms with E-state index in [-0.39, 0.29) is 24.3 Å². The van der Waals surface area contributed by atoms with Crippen molar-refractivity contribution < 1.29 is 14.3 Å². The molecule has 19 heavy (non-hydrogen) atoms. The predicted molar refractivity (Wildman–Crippen MR) is 76.9 cm³/mol. The molecule has 0 radical (unpaired) electrons. The molecule has 0 aliphatic rings. The smallest absolute Gasteiger partial charge is 0.307 e. The summed E-state index contributed by atoms with van der Waals surface area (Å²) in [6.07, 6.45) is 0.199. The number of nitrogens with zero attached hydrogens (tertiary/aromatic N) is 1. The predicted octanol–water partition coefficient (Wildman–Crippen LogP) is 2.86. The maximum absolute atomic E-state index is 12.5. The summed E-state index contributed by atoms with van der Waals surface area (Å²) in [6.45, 7) is 4.20. The first-order valence-electron chi connectivity index (χ1n) is 6.09. The summed E-state index contributed by atoms with van der Waals surface area (Å²) in [5.74, 6) is -0.406. The van der Waals surface area contributed by atoms with Gasteiger partial charge in [0.25, 0.3) is 5.91 Å². The molecule has 1 aromatic carbocycles. The maximum Gasteiger partial charge on any atom is 0.307 e. The standard InChI is InChI=1S/C14H18BrNO3/c1-10(2)16(9-8-13(17)19-3)14(18)11-6-4-5-7-12(11)15/h4-7,10H,8-9H2,1-3H3. The van der Waals surface area contributed by atoms with Gasteiger partial charge >= 0.3 is 5.97 Å². The fraction of sp³-hybridized carbons (Fsp3) is 0.429. The van der Waals surface area contributed by atoms with Crippen LogP contribution in [0.25, 0.3) is 0 Å². The number of amides is 1. The molecule has 0 atom stereocenters. The molecule has 0 saturated heterocycles. The molecule has 0 aromatic heterocycles. The molecule has 4 nitrogen and oxygen atoms in total. The minimum Gasteiger partial charge on any atom is -0.469 e. The van der Waals surface area contributed by atoms with Gasteiger partial charge in [-0.1, -0.05) is 12.1 Å². The highest BCUT2D eigenvalue weighted by Crippen LogP contribution is 2.19. The molecular weight excluding hydrogens is 310 g/mol. The average Bonchev–Trinajstić information content (AvgIpc) is 2.38. The van der Waals surface area contributed by atoms with Crippen LogP contribution in [0.4, 0.5) is 0 Å². The minimum atomic E-state index is -0.314. The van der Waals surface area contributed by atoms with E-state index in [4.69, 9.17) is 0 Å². The molecule has 0 N–H and O–H groups in total. The summed E-state index contributed by atoms with van der Waals surface area (Å²) in [7, 11) is 1.34. The van der Waals surface area contributed by atoms with Gasteiger partial charge in [0, 0.05) is 17.1 Å². The van der Waals surface area contributed by atoms with Gasteiger partial charge in [-0.3, -0.25) is 9.59 Å². The van der Waals surface area contributed by atoms with Gasteiger partial charge < -0.3 is 9.64 Å². The Morgan fingerprint density at radius 3 is 2.47 bits per heavy atom. The van der Waals surface area contributed by atoms with Crippen LogP contribution >= 0.6 is 15.9 Å². The third-order valence-electron chi connectivity index (χ3n) is 2.77. The molecule has 1 rings (SSSR count). The van der Waals surface area contributed by atoms with Crippen LogP contribution in [0.3, 0.4) is 0 Å². The van der Waals surface area contributed by atoms with Crippen molar-refractivity contribution in [2.24, 2.45) is 0 Å². The summed E-state index contributed by atoms with van der Waals surface area (Å²) in [5.41, 5.74) is 0.598. The second-order valence-corrected chi connectivity index (χ2v) is 5.25. The quantitative estimate of drug-likeness (QED) is 0.781. The van der Waals surface area contributed by atoms with Gasteiger partial charge in [0.2, 0.25) is 0 Å². The lowest BCUT2D eigenvalue weighted by Crippen LogP contribution is -2.38. The number of ether oxygens (including phenoxy) is 1. The van der Waals surface area contributed by atoms with E-state index in [1.807, 2.05) is 32.0 Å². The number of hydrogen-bond donors (Lipinski definition) is 0. The van der Waals surface area contributed by atoms with Crippen LogP contribution in [-0.2, 0) is 9.53 Å². The Hall–Kier alpha value is -1.36. The Labute approximate surface area is 121 Å². The van der Waals surface area contributed by atoms with E-state index in [1.165, 1.54) is 7.11 Å². The normalized spacial score (nSPS) is 10.4. The fourth-order valence-electron chi connectivity index (χ4n) is 1.70. The van der Waals surface area contributed by atoms with E-state index in [1.54, 1.807) is 11.0 Å². The highest BCUT2D eigenvalue weighted by atomic mass is 79.9. The van der Waals surface area contributed by atoms with Gasteiger partial charge in [0.1, 0.15) is 0 Å². The topological polar surface area (TPSA) is 46.6 Å². The molecule has 0 spiro atoms. The molecule has 0 aliphatic heterocycles. The van der Waals surface area contributed by atoms with Crippen LogP contribution in [0.5, 0.6) is 0 Å². The molecule has 0 bridgehead atoms. The van der Waals surface area contributed by atoms with Crippen molar-refractivity contribution >= 4 is 27.8 Å². The van der Waals surface area contributed by atoms with Crippen molar-refractivity contribution in [3.8, 4) is 0 Å². The van der Waals surface area contributed by atoms with Crippen molar-refractivity contribution in [1.29, 1.82) is 0 Å². The van der Waals surface area contributed by atoms with Crippen LogP contribution in [0.1, 0.15) is 30.6 Å². The number of rotatable bonds is 5. The molecular formula is C14H18BrNO3. The van der Waals surface area contributed by atoms with Gasteiger partial charge in [-0.2, -0.15) is 0 Å². The van der Waals surface area contributed by atoms with Gasteiger partial charge in [0.05, 0.1) is 19.1 Å². The second-order valence-electron chi connectivity index (χ2n) is 4.40. The second kappa shape index (κ2) is 7.28. The average molecular weight is 328 g/mol. The zero-order valence-electron chi connectivity index (χ0n) is 11.4. The Morgan fingerprint density at radius 2 is 1.95 bits per heavy atom. The lowest BCUT2D eigenvalue weighted by atomic mass is 10.1. The highest BCUT2D eigenvalue weighted by molar-refractivity contribution is 9.10. The molecule has 0 unspecified atom stereocenters. The van der Waals surface area contributed by atoms with Crippen LogP contribution in [0, 0.1) is 0 Å². The third-order valence-corrected chi connectivity index (χ3v) is 3.46. The lowest BCUT2D eigenvalue weighted by molar-refractivity contribution is -0.140. The number of halogens is 1. The highest BCUT2D eigenvalue weighted by Gasteiger charge is 2.21. The van der Waals surface area contributed by atoms with Crippen molar-refractivity contribution in [1.82, 2.24) is 4.90 Å². The zero-order valence-corrected chi connectivity index (χ0v) is 12.9. The summed E-state index contributed by atoms with van der Waals surface area (Å²) in [6, 6.07) is 7.28. The molecule has 104 valence electrons. The van der Waals surface area contributed by atoms with E-state index in [9.17, 15) is 9.59 Å². The minimum absolute atomic E-state index is 0.0178. The van der Waals surface area contributed by atoms with E-state index < -0.39 is 0 Å². The molecule has 1 amide bonds. The fourth-order valence-corrected chi connectivity index (χ4v) is 2.15. The number of carbonyl (C=O) groups is 2. The van der Waals surface area contributed by atoms with Gasteiger partial charge in [-0.15, -0.1) is 0 Å². The van der Waals surface area contributed by atoms with E-state index in [0.717, 1.165) is 4.47 Å². The maximum atomic E-state index is 12.5. The van der Waals surface area contributed by atoms with Crippen molar-refractivity contribution in [3.05, 3.63) is 34.3 Å². The van der Waals surface area contributed by atoms with E-state index >= 15 is 0 Å². The van der Waals surface area contributed by atoms with Crippen LogP contribution in [0.2, 0.25) is 0 Å². The monoisotopic (exact) mass is 327 g/mol. The van der Waals surface area contributed by atoms with E-state index in [2.05, 4.69) is 20.7 Å². The SMILES string of the molecule is COC(=O)CCN(C(=O)c1ccccc1Br)C(C)C.